The lowest BCUT2D eigenvalue weighted by Crippen LogP contribution is -2.35. The second-order valence-corrected chi connectivity index (χ2v) is 6.46. The summed E-state index contributed by atoms with van der Waals surface area (Å²) in [5.41, 5.74) is 2.13. The van der Waals surface area contributed by atoms with Crippen LogP contribution in [0.2, 0.25) is 0 Å². The fourth-order valence-corrected chi connectivity index (χ4v) is 3.01. The fourth-order valence-electron chi connectivity index (χ4n) is 3.01. The van der Waals surface area contributed by atoms with E-state index in [0.29, 0.717) is 0 Å². The number of anilines is 2. The van der Waals surface area contributed by atoms with Gasteiger partial charge in [0.2, 0.25) is 5.91 Å². The third-order valence-corrected chi connectivity index (χ3v) is 4.27. The molecule has 0 spiro atoms. The van der Waals surface area contributed by atoms with Crippen LogP contribution in [0.4, 0.5) is 11.4 Å². The van der Waals surface area contributed by atoms with Gasteiger partial charge in [-0.05, 0) is 38.0 Å². The fraction of sp³-hybridized carbons (Fsp3) is 0.368. The number of hydrogen-bond acceptors (Lipinski definition) is 5. The van der Waals surface area contributed by atoms with E-state index in [0.717, 1.165) is 24.5 Å². The Morgan fingerprint density at radius 2 is 2.04 bits per heavy atom. The molecule has 1 fully saturated rings. The Kier molecular flexibility index (Phi) is 5.78. The number of hydrogen-bond donors (Lipinski definition) is 2. The summed E-state index contributed by atoms with van der Waals surface area (Å²) in [7, 11) is 0. The van der Waals surface area contributed by atoms with Crippen molar-refractivity contribution in [1.82, 2.24) is 15.3 Å². The lowest BCUT2D eigenvalue weighted by Gasteiger charge is -2.19. The Bertz CT molecular complexity index is 760. The van der Waals surface area contributed by atoms with Crippen molar-refractivity contribution >= 4 is 23.2 Å². The van der Waals surface area contributed by atoms with E-state index in [9.17, 15) is 9.59 Å². The molecule has 3 rings (SSSR count). The number of rotatable bonds is 6. The number of aromatic nitrogens is 2. The Morgan fingerprint density at radius 3 is 2.77 bits per heavy atom. The Labute approximate surface area is 152 Å². The van der Waals surface area contributed by atoms with Crippen LogP contribution in [0, 0.1) is 0 Å². The summed E-state index contributed by atoms with van der Waals surface area (Å²) in [6.07, 6.45) is 6.95. The van der Waals surface area contributed by atoms with E-state index in [-0.39, 0.29) is 30.0 Å². The standard InChI is InChI=1S/C19H23N5O2/c1-14(22-19(26)17-13-20-7-8-21-17)11-18(25)23-15-5-4-6-16(12-15)24-9-2-3-10-24/h4-8,12-14H,2-3,9-11H2,1H3,(H,22,26)(H,23,25). The topological polar surface area (TPSA) is 87.2 Å². The van der Waals surface area contributed by atoms with Crippen LogP contribution >= 0.6 is 0 Å². The maximum atomic E-state index is 12.3. The molecule has 1 atom stereocenters. The maximum Gasteiger partial charge on any atom is 0.271 e. The van der Waals surface area contributed by atoms with E-state index < -0.39 is 0 Å². The van der Waals surface area contributed by atoms with Crippen LogP contribution in [-0.4, -0.2) is 40.9 Å². The van der Waals surface area contributed by atoms with E-state index in [4.69, 9.17) is 0 Å². The van der Waals surface area contributed by atoms with E-state index in [1.54, 1.807) is 6.92 Å². The van der Waals surface area contributed by atoms with Gasteiger partial charge < -0.3 is 15.5 Å². The van der Waals surface area contributed by atoms with Gasteiger partial charge in [0.05, 0.1) is 6.20 Å². The molecule has 0 aliphatic carbocycles. The minimum atomic E-state index is -0.338. The third-order valence-electron chi connectivity index (χ3n) is 4.27. The van der Waals surface area contributed by atoms with Crippen molar-refractivity contribution in [2.45, 2.75) is 32.2 Å². The zero-order chi connectivity index (χ0) is 18.4. The first-order valence-electron chi connectivity index (χ1n) is 8.83. The van der Waals surface area contributed by atoms with Gasteiger partial charge >= 0.3 is 0 Å². The molecule has 2 aromatic rings. The minimum absolute atomic E-state index is 0.143. The zero-order valence-electron chi connectivity index (χ0n) is 14.8. The molecule has 0 radical (unpaired) electrons. The predicted molar refractivity (Wildman–Crippen MR) is 100 cm³/mol. The van der Waals surface area contributed by atoms with Crippen LogP contribution in [0.15, 0.2) is 42.9 Å². The molecule has 1 saturated heterocycles. The largest absolute Gasteiger partial charge is 0.371 e. The van der Waals surface area contributed by atoms with E-state index in [1.165, 1.54) is 31.4 Å². The van der Waals surface area contributed by atoms with Crippen molar-refractivity contribution in [1.29, 1.82) is 0 Å². The smallest absolute Gasteiger partial charge is 0.271 e. The highest BCUT2D eigenvalue weighted by atomic mass is 16.2. The van der Waals surface area contributed by atoms with Gasteiger partial charge in [0, 0.05) is 49.3 Å². The van der Waals surface area contributed by atoms with Gasteiger partial charge in [0.25, 0.3) is 5.91 Å². The SMILES string of the molecule is CC(CC(=O)Nc1cccc(N2CCCC2)c1)NC(=O)c1cnccn1. The van der Waals surface area contributed by atoms with Crippen molar-refractivity contribution in [2.24, 2.45) is 0 Å². The Balaban J connectivity index is 1.52. The van der Waals surface area contributed by atoms with Gasteiger partial charge in [0.15, 0.2) is 0 Å². The molecule has 136 valence electrons. The molecule has 7 nitrogen and oxygen atoms in total. The lowest BCUT2D eigenvalue weighted by molar-refractivity contribution is -0.116. The Morgan fingerprint density at radius 1 is 1.23 bits per heavy atom. The summed E-state index contributed by atoms with van der Waals surface area (Å²) in [5, 5.41) is 5.66. The van der Waals surface area contributed by atoms with Gasteiger partial charge in [-0.25, -0.2) is 4.98 Å². The zero-order valence-corrected chi connectivity index (χ0v) is 14.8. The molecule has 1 aliphatic rings. The van der Waals surface area contributed by atoms with Crippen molar-refractivity contribution in [3.8, 4) is 0 Å². The van der Waals surface area contributed by atoms with E-state index in [2.05, 4.69) is 31.6 Å². The van der Waals surface area contributed by atoms with E-state index in [1.807, 2.05) is 18.2 Å². The minimum Gasteiger partial charge on any atom is -0.371 e. The van der Waals surface area contributed by atoms with Crippen molar-refractivity contribution in [2.75, 3.05) is 23.3 Å². The molecule has 7 heteroatoms. The highest BCUT2D eigenvalue weighted by molar-refractivity contribution is 5.94. The summed E-state index contributed by atoms with van der Waals surface area (Å²) in [6.45, 7) is 3.90. The van der Waals surface area contributed by atoms with Crippen molar-refractivity contribution in [3.05, 3.63) is 48.5 Å². The summed E-state index contributed by atoms with van der Waals surface area (Å²) in [5.74, 6) is -0.482. The third kappa shape index (κ3) is 4.78. The summed E-state index contributed by atoms with van der Waals surface area (Å²) >= 11 is 0. The van der Waals surface area contributed by atoms with Gasteiger partial charge in [-0.2, -0.15) is 0 Å². The average molecular weight is 353 g/mol. The maximum absolute atomic E-state index is 12.3. The number of carbonyl (C=O) groups excluding carboxylic acids is 2. The quantitative estimate of drug-likeness (QED) is 0.831. The summed E-state index contributed by atoms with van der Waals surface area (Å²) in [6, 6.07) is 7.56. The first kappa shape index (κ1) is 17.8. The molecule has 0 bridgehead atoms. The van der Waals surface area contributed by atoms with Crippen molar-refractivity contribution < 1.29 is 9.59 Å². The first-order valence-corrected chi connectivity index (χ1v) is 8.83. The molecule has 26 heavy (non-hydrogen) atoms. The number of carbonyl (C=O) groups is 2. The van der Waals surface area contributed by atoms with Crippen LogP contribution in [0.3, 0.4) is 0 Å². The number of benzene rings is 1. The number of nitrogens with one attached hydrogen (secondary N) is 2. The molecular weight excluding hydrogens is 330 g/mol. The first-order chi connectivity index (χ1) is 12.6. The van der Waals surface area contributed by atoms with Gasteiger partial charge in [-0.1, -0.05) is 6.07 Å². The van der Waals surface area contributed by atoms with Crippen LogP contribution in [0.25, 0.3) is 0 Å². The second kappa shape index (κ2) is 8.42. The second-order valence-electron chi connectivity index (χ2n) is 6.46. The van der Waals surface area contributed by atoms with Gasteiger partial charge in [-0.15, -0.1) is 0 Å². The number of amides is 2. The molecule has 1 unspecified atom stereocenters. The normalized spacial score (nSPS) is 14.7. The monoisotopic (exact) mass is 353 g/mol. The average Bonchev–Trinajstić information content (AvgIpc) is 3.17. The molecule has 1 aliphatic heterocycles. The summed E-state index contributed by atoms with van der Waals surface area (Å²) < 4.78 is 0. The molecule has 2 heterocycles. The van der Waals surface area contributed by atoms with Crippen LogP contribution in [0.1, 0.15) is 36.7 Å². The van der Waals surface area contributed by atoms with Gasteiger partial charge in [-0.3, -0.25) is 14.6 Å². The highest BCUT2D eigenvalue weighted by Crippen LogP contribution is 2.23. The predicted octanol–water partition coefficient (Wildman–Crippen LogP) is 2.22. The Hall–Kier alpha value is -2.96. The molecule has 0 saturated carbocycles. The summed E-state index contributed by atoms with van der Waals surface area (Å²) in [4.78, 5) is 34.4. The molecule has 2 N–H and O–H groups in total. The highest BCUT2D eigenvalue weighted by Gasteiger charge is 2.16. The van der Waals surface area contributed by atoms with Crippen molar-refractivity contribution in [3.63, 3.8) is 0 Å². The van der Waals surface area contributed by atoms with Crippen LogP contribution in [-0.2, 0) is 4.79 Å². The number of nitrogens with zero attached hydrogens (tertiary/aromatic N) is 3. The molecule has 1 aromatic carbocycles. The van der Waals surface area contributed by atoms with Crippen LogP contribution in [0.5, 0.6) is 0 Å². The molecular formula is C19H23N5O2. The van der Waals surface area contributed by atoms with E-state index >= 15 is 0 Å². The van der Waals surface area contributed by atoms with Crippen LogP contribution < -0.4 is 15.5 Å². The van der Waals surface area contributed by atoms with Gasteiger partial charge in [0.1, 0.15) is 5.69 Å². The molecule has 2 amide bonds. The molecule has 1 aromatic heterocycles. The lowest BCUT2D eigenvalue weighted by atomic mass is 10.2.